The highest BCUT2D eigenvalue weighted by molar-refractivity contribution is 6.35. The average Bonchev–Trinajstić information content (AvgIpc) is 3.19. The zero-order valence-electron chi connectivity index (χ0n) is 16.7. The van der Waals surface area contributed by atoms with Crippen LogP contribution in [0.2, 0.25) is 5.02 Å². The molecule has 4 rings (SSSR count). The van der Waals surface area contributed by atoms with E-state index in [4.69, 9.17) is 11.6 Å². The van der Waals surface area contributed by atoms with E-state index in [1.54, 1.807) is 0 Å². The van der Waals surface area contributed by atoms with Crippen molar-refractivity contribution in [2.75, 3.05) is 0 Å². The van der Waals surface area contributed by atoms with Gasteiger partial charge in [-0.2, -0.15) is 5.10 Å². The van der Waals surface area contributed by atoms with Gasteiger partial charge in [0.25, 0.3) is 0 Å². The molecule has 3 aromatic rings. The number of H-pyrrole nitrogens is 1. The van der Waals surface area contributed by atoms with Crippen LogP contribution < -0.4 is 5.32 Å². The van der Waals surface area contributed by atoms with E-state index in [2.05, 4.69) is 35.3 Å². The first-order valence-electron chi connectivity index (χ1n) is 10.1. The molecule has 2 N–H and O–H groups in total. The van der Waals surface area contributed by atoms with Crippen LogP contribution in [0, 0.1) is 13.8 Å². The average molecular weight is 399 g/mol. The Morgan fingerprint density at radius 2 is 2.21 bits per heavy atom. The van der Waals surface area contributed by atoms with E-state index in [-0.39, 0.29) is 11.9 Å². The Bertz CT molecular complexity index is 1030. The summed E-state index contributed by atoms with van der Waals surface area (Å²) in [5.74, 6) is 0.0886. The molecular weight excluding hydrogens is 372 g/mol. The third-order valence-electron chi connectivity index (χ3n) is 5.96. The van der Waals surface area contributed by atoms with Crippen LogP contribution in [0.15, 0.2) is 18.2 Å². The van der Waals surface area contributed by atoms with E-state index < -0.39 is 0 Å². The molecule has 148 valence electrons. The van der Waals surface area contributed by atoms with Gasteiger partial charge in [0, 0.05) is 29.7 Å². The van der Waals surface area contributed by atoms with Crippen LogP contribution in [0.5, 0.6) is 0 Å². The molecule has 1 atom stereocenters. The summed E-state index contributed by atoms with van der Waals surface area (Å²) in [7, 11) is 0. The number of hydrogen-bond acceptors (Lipinski definition) is 2. The van der Waals surface area contributed by atoms with E-state index in [1.807, 2.05) is 23.7 Å². The Balaban J connectivity index is 1.49. The molecule has 0 aliphatic heterocycles. The topological polar surface area (TPSA) is 62.7 Å². The molecule has 0 spiro atoms. The van der Waals surface area contributed by atoms with Crippen molar-refractivity contribution in [3.63, 3.8) is 0 Å². The Kier molecular flexibility index (Phi) is 5.19. The number of aromatic nitrogens is 3. The first-order chi connectivity index (χ1) is 13.5. The van der Waals surface area contributed by atoms with Crippen molar-refractivity contribution < 1.29 is 4.79 Å². The van der Waals surface area contributed by atoms with E-state index in [1.165, 1.54) is 16.5 Å². The molecule has 6 heteroatoms. The van der Waals surface area contributed by atoms with Crippen LogP contribution in [-0.4, -0.2) is 20.7 Å². The lowest BCUT2D eigenvalue weighted by molar-refractivity contribution is -0.121. The second-order valence-corrected chi connectivity index (χ2v) is 8.06. The van der Waals surface area contributed by atoms with Gasteiger partial charge in [0.1, 0.15) is 0 Å². The molecule has 0 saturated carbocycles. The molecule has 1 aliphatic rings. The van der Waals surface area contributed by atoms with Gasteiger partial charge in [0.15, 0.2) is 0 Å². The molecule has 1 amide bonds. The SMILES string of the molecule is CCn1nc(C)c(CCC(=O)N[C@H]2CCCc3c2[nH]c2c(Cl)cccc32)c1C. The zero-order chi connectivity index (χ0) is 19.8. The standard InChI is InChI=1S/C22H27ClN4O/c1-4-27-14(3)15(13(2)26-27)11-12-20(28)24-19-10-6-8-17-16-7-5-9-18(23)21(16)25-22(17)19/h5,7,9,19,25H,4,6,8,10-12H2,1-3H3,(H,24,28)/t19-/m0/s1. The lowest BCUT2D eigenvalue weighted by atomic mass is 9.91. The fourth-order valence-corrected chi connectivity index (χ4v) is 4.73. The smallest absolute Gasteiger partial charge is 0.220 e. The number of carbonyl (C=O) groups is 1. The van der Waals surface area contributed by atoms with Crippen molar-refractivity contribution in [1.82, 2.24) is 20.1 Å². The first-order valence-corrected chi connectivity index (χ1v) is 10.5. The molecule has 1 aromatic carbocycles. The van der Waals surface area contributed by atoms with Crippen LogP contribution in [0.1, 0.15) is 60.4 Å². The summed E-state index contributed by atoms with van der Waals surface area (Å²) in [5.41, 5.74) is 6.78. The van der Waals surface area contributed by atoms with Crippen LogP contribution >= 0.6 is 11.6 Å². The number of amides is 1. The highest BCUT2D eigenvalue weighted by Crippen LogP contribution is 2.37. The first kappa shape index (κ1) is 19.1. The summed E-state index contributed by atoms with van der Waals surface area (Å²) < 4.78 is 2.00. The number of aryl methyl sites for hydroxylation is 3. The number of fused-ring (bicyclic) bond motifs is 3. The quantitative estimate of drug-likeness (QED) is 0.649. The van der Waals surface area contributed by atoms with Gasteiger partial charge in [-0.25, -0.2) is 0 Å². The molecule has 0 unspecified atom stereocenters. The van der Waals surface area contributed by atoms with Gasteiger partial charge < -0.3 is 10.3 Å². The summed E-state index contributed by atoms with van der Waals surface area (Å²) in [6.07, 6.45) is 4.25. The largest absolute Gasteiger partial charge is 0.355 e. The van der Waals surface area contributed by atoms with Gasteiger partial charge in [0.2, 0.25) is 5.91 Å². The number of rotatable bonds is 5. The number of nitrogens with zero attached hydrogens (tertiary/aromatic N) is 2. The Labute approximate surface area is 170 Å². The van der Waals surface area contributed by atoms with E-state index in [0.29, 0.717) is 6.42 Å². The maximum absolute atomic E-state index is 12.7. The highest BCUT2D eigenvalue weighted by atomic mass is 35.5. The fourth-order valence-electron chi connectivity index (χ4n) is 4.50. The highest BCUT2D eigenvalue weighted by Gasteiger charge is 2.26. The maximum Gasteiger partial charge on any atom is 0.220 e. The minimum Gasteiger partial charge on any atom is -0.355 e. The molecular formula is C22H27ClN4O. The van der Waals surface area contributed by atoms with Crippen molar-refractivity contribution in [2.45, 2.75) is 65.5 Å². The number of para-hydroxylation sites is 1. The predicted octanol–water partition coefficient (Wildman–Crippen LogP) is 4.78. The molecule has 0 radical (unpaired) electrons. The summed E-state index contributed by atoms with van der Waals surface area (Å²) in [6.45, 7) is 7.04. The molecule has 0 fully saturated rings. The Hall–Kier alpha value is -2.27. The van der Waals surface area contributed by atoms with Gasteiger partial charge >= 0.3 is 0 Å². The van der Waals surface area contributed by atoms with Gasteiger partial charge in [0.05, 0.1) is 22.3 Å². The normalized spacial score (nSPS) is 16.4. The maximum atomic E-state index is 12.7. The predicted molar refractivity (Wildman–Crippen MR) is 113 cm³/mol. The number of nitrogens with one attached hydrogen (secondary N) is 2. The van der Waals surface area contributed by atoms with E-state index >= 15 is 0 Å². The number of halogens is 1. The van der Waals surface area contributed by atoms with Crippen molar-refractivity contribution in [2.24, 2.45) is 0 Å². The summed E-state index contributed by atoms with van der Waals surface area (Å²) in [4.78, 5) is 16.2. The molecule has 0 saturated heterocycles. The lowest BCUT2D eigenvalue weighted by Gasteiger charge is -2.24. The van der Waals surface area contributed by atoms with Crippen LogP contribution in [0.25, 0.3) is 10.9 Å². The van der Waals surface area contributed by atoms with E-state index in [0.717, 1.165) is 59.8 Å². The van der Waals surface area contributed by atoms with Crippen molar-refractivity contribution in [3.05, 3.63) is 51.4 Å². The lowest BCUT2D eigenvalue weighted by Crippen LogP contribution is -2.31. The van der Waals surface area contributed by atoms with Gasteiger partial charge in [-0.15, -0.1) is 0 Å². The molecule has 2 heterocycles. The van der Waals surface area contributed by atoms with Gasteiger partial charge in [-0.3, -0.25) is 9.48 Å². The van der Waals surface area contributed by atoms with Crippen molar-refractivity contribution in [1.29, 1.82) is 0 Å². The summed E-state index contributed by atoms with van der Waals surface area (Å²) >= 11 is 6.36. The fraction of sp³-hybridized carbons (Fsp3) is 0.455. The molecule has 0 bridgehead atoms. The monoisotopic (exact) mass is 398 g/mol. The zero-order valence-corrected chi connectivity index (χ0v) is 17.5. The molecule has 1 aliphatic carbocycles. The Morgan fingerprint density at radius 3 is 2.96 bits per heavy atom. The minimum absolute atomic E-state index is 0.0280. The second-order valence-electron chi connectivity index (χ2n) is 7.66. The van der Waals surface area contributed by atoms with Crippen LogP contribution in [0.3, 0.4) is 0 Å². The van der Waals surface area contributed by atoms with Gasteiger partial charge in [-0.1, -0.05) is 23.7 Å². The second kappa shape index (κ2) is 7.63. The Morgan fingerprint density at radius 1 is 1.39 bits per heavy atom. The number of aromatic amines is 1. The van der Waals surface area contributed by atoms with Gasteiger partial charge in [-0.05, 0) is 63.6 Å². The third kappa shape index (κ3) is 3.32. The third-order valence-corrected chi connectivity index (χ3v) is 6.27. The van der Waals surface area contributed by atoms with Crippen molar-refractivity contribution in [3.8, 4) is 0 Å². The molecule has 28 heavy (non-hydrogen) atoms. The minimum atomic E-state index is 0.0280. The number of carbonyl (C=O) groups excluding carboxylic acids is 1. The van der Waals surface area contributed by atoms with Crippen molar-refractivity contribution >= 4 is 28.4 Å². The number of hydrogen-bond donors (Lipinski definition) is 2. The van der Waals surface area contributed by atoms with Crippen LogP contribution in [0.4, 0.5) is 0 Å². The number of benzene rings is 1. The summed E-state index contributed by atoms with van der Waals surface area (Å²) in [5, 5.41) is 9.71. The van der Waals surface area contributed by atoms with E-state index in [9.17, 15) is 4.79 Å². The van der Waals surface area contributed by atoms with Crippen LogP contribution in [-0.2, 0) is 24.2 Å². The summed E-state index contributed by atoms with van der Waals surface area (Å²) in [6, 6.07) is 6.03. The molecule has 2 aromatic heterocycles. The molecule has 5 nitrogen and oxygen atoms in total.